The second kappa shape index (κ2) is 13.7. The average molecular weight is 333 g/mol. The molecule has 0 saturated heterocycles. The number of ether oxygens (including phenoxy) is 4. The van der Waals surface area contributed by atoms with Gasteiger partial charge in [-0.1, -0.05) is 6.58 Å². The molecule has 0 unspecified atom stereocenters. The number of carboxylic acids is 1. The summed E-state index contributed by atoms with van der Waals surface area (Å²) in [5.74, 6) is -1.99. The second-order valence-electron chi connectivity index (χ2n) is 4.38. The molecule has 0 aromatic heterocycles. The van der Waals surface area contributed by atoms with Crippen molar-refractivity contribution < 1.29 is 38.4 Å². The van der Waals surface area contributed by atoms with Crippen LogP contribution in [0.5, 0.6) is 0 Å². The summed E-state index contributed by atoms with van der Waals surface area (Å²) in [7, 11) is 0. The van der Waals surface area contributed by atoms with Crippen LogP contribution in [0, 0.1) is 0 Å². The van der Waals surface area contributed by atoms with Gasteiger partial charge in [0.2, 0.25) is 5.91 Å². The summed E-state index contributed by atoms with van der Waals surface area (Å²) in [5.41, 5.74) is 0.337. The van der Waals surface area contributed by atoms with Gasteiger partial charge in [0, 0.05) is 12.1 Å². The van der Waals surface area contributed by atoms with Crippen molar-refractivity contribution >= 4 is 17.8 Å². The topological polar surface area (TPSA) is 120 Å². The van der Waals surface area contributed by atoms with Crippen molar-refractivity contribution in [3.05, 3.63) is 12.2 Å². The molecule has 0 saturated carbocycles. The molecule has 0 fully saturated rings. The van der Waals surface area contributed by atoms with E-state index in [1.54, 1.807) is 6.92 Å². The van der Waals surface area contributed by atoms with Crippen LogP contribution in [0.25, 0.3) is 0 Å². The molecule has 2 N–H and O–H groups in total. The maximum absolute atomic E-state index is 11.2. The summed E-state index contributed by atoms with van der Waals surface area (Å²) < 4.78 is 19.8. The molecular weight excluding hydrogens is 310 g/mol. The van der Waals surface area contributed by atoms with E-state index in [1.165, 1.54) is 0 Å². The first-order valence-electron chi connectivity index (χ1n) is 6.98. The molecule has 0 aliphatic rings. The molecule has 0 rings (SSSR count). The van der Waals surface area contributed by atoms with E-state index >= 15 is 0 Å². The van der Waals surface area contributed by atoms with Gasteiger partial charge in [0.1, 0.15) is 19.8 Å². The fourth-order valence-corrected chi connectivity index (χ4v) is 1.18. The van der Waals surface area contributed by atoms with Gasteiger partial charge < -0.3 is 29.4 Å². The molecule has 0 aliphatic heterocycles. The summed E-state index contributed by atoms with van der Waals surface area (Å²) in [6.45, 7) is 5.85. The van der Waals surface area contributed by atoms with Crippen LogP contribution in [0.15, 0.2) is 12.2 Å². The zero-order valence-electron chi connectivity index (χ0n) is 13.2. The Bertz CT molecular complexity index is 396. The molecule has 23 heavy (non-hydrogen) atoms. The van der Waals surface area contributed by atoms with Gasteiger partial charge in [0.25, 0.3) is 0 Å². The molecule has 0 atom stereocenters. The lowest BCUT2D eigenvalue weighted by Crippen LogP contribution is -2.31. The van der Waals surface area contributed by atoms with E-state index in [0.717, 1.165) is 0 Å². The van der Waals surface area contributed by atoms with Crippen molar-refractivity contribution in [2.75, 3.05) is 52.8 Å². The number of hydrogen-bond donors (Lipinski definition) is 2. The number of carbonyl (C=O) groups excluding carboxylic acids is 2. The van der Waals surface area contributed by atoms with Crippen LogP contribution in [0.2, 0.25) is 0 Å². The number of rotatable bonds is 14. The van der Waals surface area contributed by atoms with E-state index in [1.807, 2.05) is 0 Å². The Labute approximate surface area is 134 Å². The Balaban J connectivity index is 3.27. The molecule has 0 heterocycles. The van der Waals surface area contributed by atoms with Gasteiger partial charge in [-0.3, -0.25) is 4.79 Å². The van der Waals surface area contributed by atoms with Crippen molar-refractivity contribution in [3.63, 3.8) is 0 Å². The number of carboxylic acid groups (broad SMARTS) is 1. The van der Waals surface area contributed by atoms with Crippen LogP contribution in [0.1, 0.15) is 6.92 Å². The molecule has 9 nitrogen and oxygen atoms in total. The first-order chi connectivity index (χ1) is 10.9. The summed E-state index contributed by atoms with van der Waals surface area (Å²) in [6, 6.07) is 0. The van der Waals surface area contributed by atoms with Crippen molar-refractivity contribution in [3.8, 4) is 0 Å². The fourth-order valence-electron chi connectivity index (χ4n) is 1.18. The first kappa shape index (κ1) is 21.0. The minimum Gasteiger partial charge on any atom is -0.480 e. The SMILES string of the molecule is C=C(C)C(=O)OCCOCCOCCNC(=O)COCC(=O)O. The number of carbonyl (C=O) groups is 3. The van der Waals surface area contributed by atoms with Gasteiger partial charge in [-0.05, 0) is 6.92 Å². The average Bonchev–Trinajstić information content (AvgIpc) is 2.48. The second-order valence-corrected chi connectivity index (χ2v) is 4.38. The summed E-state index contributed by atoms with van der Waals surface area (Å²) in [6.07, 6.45) is 0. The highest BCUT2D eigenvalue weighted by molar-refractivity contribution is 5.86. The summed E-state index contributed by atoms with van der Waals surface area (Å²) in [5, 5.41) is 10.8. The lowest BCUT2D eigenvalue weighted by Gasteiger charge is -2.08. The van der Waals surface area contributed by atoms with E-state index in [-0.39, 0.29) is 26.4 Å². The maximum Gasteiger partial charge on any atom is 0.333 e. The minimum absolute atomic E-state index is 0.151. The Kier molecular flexibility index (Phi) is 12.5. The highest BCUT2D eigenvalue weighted by Gasteiger charge is 2.03. The highest BCUT2D eigenvalue weighted by atomic mass is 16.6. The zero-order valence-corrected chi connectivity index (χ0v) is 13.2. The molecule has 1 amide bonds. The van der Waals surface area contributed by atoms with Crippen LogP contribution in [0.4, 0.5) is 0 Å². The molecule has 0 aromatic carbocycles. The van der Waals surface area contributed by atoms with Crippen LogP contribution in [-0.4, -0.2) is 75.7 Å². The lowest BCUT2D eigenvalue weighted by atomic mass is 10.4. The minimum atomic E-state index is -1.13. The Morgan fingerprint density at radius 3 is 2.17 bits per heavy atom. The largest absolute Gasteiger partial charge is 0.480 e. The smallest absolute Gasteiger partial charge is 0.333 e. The molecular formula is C14H23NO8. The van der Waals surface area contributed by atoms with Crippen molar-refractivity contribution in [1.82, 2.24) is 5.32 Å². The normalized spacial score (nSPS) is 10.1. The van der Waals surface area contributed by atoms with E-state index in [4.69, 9.17) is 19.3 Å². The number of nitrogens with one attached hydrogen (secondary N) is 1. The Hall–Kier alpha value is -1.97. The Morgan fingerprint density at radius 2 is 1.57 bits per heavy atom. The molecule has 9 heteroatoms. The van der Waals surface area contributed by atoms with Crippen LogP contribution in [-0.2, 0) is 33.3 Å². The van der Waals surface area contributed by atoms with Crippen molar-refractivity contribution in [2.24, 2.45) is 0 Å². The van der Waals surface area contributed by atoms with E-state index in [2.05, 4.69) is 16.6 Å². The first-order valence-corrected chi connectivity index (χ1v) is 6.98. The monoisotopic (exact) mass is 333 g/mol. The number of aliphatic carboxylic acids is 1. The van der Waals surface area contributed by atoms with Crippen LogP contribution >= 0.6 is 0 Å². The van der Waals surface area contributed by atoms with Gasteiger partial charge in [-0.15, -0.1) is 0 Å². The third-order valence-electron chi connectivity index (χ3n) is 2.21. The van der Waals surface area contributed by atoms with Gasteiger partial charge in [-0.25, -0.2) is 9.59 Å². The Morgan fingerprint density at radius 1 is 0.957 bits per heavy atom. The third-order valence-corrected chi connectivity index (χ3v) is 2.21. The van der Waals surface area contributed by atoms with Gasteiger partial charge in [0.05, 0.1) is 26.4 Å². The molecule has 0 aromatic rings. The molecule has 132 valence electrons. The fraction of sp³-hybridized carbons (Fsp3) is 0.643. The van der Waals surface area contributed by atoms with Crippen LogP contribution < -0.4 is 5.32 Å². The quantitative estimate of drug-likeness (QED) is 0.245. The molecule has 0 spiro atoms. The molecule has 0 bridgehead atoms. The number of hydrogen-bond acceptors (Lipinski definition) is 7. The van der Waals surface area contributed by atoms with E-state index in [0.29, 0.717) is 25.4 Å². The number of esters is 1. The summed E-state index contributed by atoms with van der Waals surface area (Å²) >= 11 is 0. The predicted molar refractivity (Wildman–Crippen MR) is 78.9 cm³/mol. The zero-order chi connectivity index (χ0) is 17.5. The predicted octanol–water partition coefficient (Wildman–Crippen LogP) is -0.644. The standard InChI is InChI=1S/C14H23NO8/c1-11(2)14(19)23-8-7-21-6-5-20-4-3-15-12(16)9-22-10-13(17)18/h1,3-10H2,2H3,(H,15,16)(H,17,18). The van der Waals surface area contributed by atoms with Crippen molar-refractivity contribution in [2.45, 2.75) is 6.92 Å². The lowest BCUT2D eigenvalue weighted by molar-refractivity contribution is -0.144. The highest BCUT2D eigenvalue weighted by Crippen LogP contribution is 1.91. The van der Waals surface area contributed by atoms with E-state index in [9.17, 15) is 14.4 Å². The van der Waals surface area contributed by atoms with Gasteiger partial charge >= 0.3 is 11.9 Å². The van der Waals surface area contributed by atoms with Crippen LogP contribution in [0.3, 0.4) is 0 Å². The molecule has 0 aliphatic carbocycles. The van der Waals surface area contributed by atoms with Gasteiger partial charge in [0.15, 0.2) is 0 Å². The third kappa shape index (κ3) is 14.7. The summed E-state index contributed by atoms with van der Waals surface area (Å²) in [4.78, 5) is 32.4. The maximum atomic E-state index is 11.2. The number of amides is 1. The van der Waals surface area contributed by atoms with Gasteiger partial charge in [-0.2, -0.15) is 0 Å². The van der Waals surface area contributed by atoms with Crippen molar-refractivity contribution in [1.29, 1.82) is 0 Å². The molecule has 0 radical (unpaired) electrons. The van der Waals surface area contributed by atoms with E-state index < -0.39 is 24.5 Å².